The molecule has 0 aliphatic heterocycles. The molecule has 0 unspecified atom stereocenters. The molecule has 224 valence electrons. The fraction of sp³-hybridized carbons (Fsp3) is 1.00. The van der Waals surface area contributed by atoms with E-state index in [-0.39, 0.29) is 0 Å². The Kier molecular flexibility index (Phi) is 32.1. The standard InChI is InChI=1S/C36H75N/c1-5-7-9-11-13-17-21-25-29-33-37(34-30-26-22-18-14-12-10-8-6-2)35-31-27-23-19-15-16-20-24-28-32-36(3)4/h36H,5-35H2,1-4H3. The topological polar surface area (TPSA) is 3.24 Å². The smallest absolute Gasteiger partial charge is 0.00187 e. The maximum absolute atomic E-state index is 2.84. The van der Waals surface area contributed by atoms with Crippen LogP contribution in [0.1, 0.15) is 207 Å². The van der Waals surface area contributed by atoms with Gasteiger partial charge in [-0.25, -0.2) is 0 Å². The summed E-state index contributed by atoms with van der Waals surface area (Å²) in [5.74, 6) is 0.889. The van der Waals surface area contributed by atoms with Crippen molar-refractivity contribution in [3.8, 4) is 0 Å². The van der Waals surface area contributed by atoms with Crippen LogP contribution in [0.25, 0.3) is 0 Å². The highest BCUT2D eigenvalue weighted by molar-refractivity contribution is 4.61. The highest BCUT2D eigenvalue weighted by atomic mass is 15.1. The first-order valence-corrected chi connectivity index (χ1v) is 17.9. The van der Waals surface area contributed by atoms with E-state index >= 15 is 0 Å². The number of rotatable bonds is 32. The predicted molar refractivity (Wildman–Crippen MR) is 172 cm³/mol. The molecule has 1 nitrogen and oxygen atoms in total. The second-order valence-electron chi connectivity index (χ2n) is 12.9. The van der Waals surface area contributed by atoms with E-state index in [1.54, 1.807) is 0 Å². The number of hydrogen-bond acceptors (Lipinski definition) is 1. The molecule has 0 bridgehead atoms. The highest BCUT2D eigenvalue weighted by Gasteiger charge is 2.05. The van der Waals surface area contributed by atoms with Crippen LogP contribution in [0.15, 0.2) is 0 Å². The van der Waals surface area contributed by atoms with E-state index in [2.05, 4.69) is 32.6 Å². The zero-order valence-corrected chi connectivity index (χ0v) is 26.9. The fourth-order valence-electron chi connectivity index (χ4n) is 5.75. The lowest BCUT2D eigenvalue weighted by Gasteiger charge is -2.22. The summed E-state index contributed by atoms with van der Waals surface area (Å²) < 4.78 is 0. The van der Waals surface area contributed by atoms with Gasteiger partial charge < -0.3 is 4.90 Å². The molecule has 0 aromatic rings. The SMILES string of the molecule is CCCCCCCCCCCN(CCCCCCCCCCC)CCCCCCCCCCCC(C)C. The van der Waals surface area contributed by atoms with Crippen molar-refractivity contribution in [3.05, 3.63) is 0 Å². The minimum absolute atomic E-state index is 0.889. The quantitative estimate of drug-likeness (QED) is 0.0795. The van der Waals surface area contributed by atoms with Gasteiger partial charge in [0.15, 0.2) is 0 Å². The Morgan fingerprint density at radius 1 is 0.324 bits per heavy atom. The second-order valence-corrected chi connectivity index (χ2v) is 12.9. The zero-order chi connectivity index (χ0) is 27.1. The van der Waals surface area contributed by atoms with Gasteiger partial charge in [0.2, 0.25) is 0 Å². The maximum Gasteiger partial charge on any atom is -0.00187 e. The van der Waals surface area contributed by atoms with Crippen LogP contribution < -0.4 is 0 Å². The average Bonchev–Trinajstić information content (AvgIpc) is 2.89. The minimum atomic E-state index is 0.889. The molecule has 37 heavy (non-hydrogen) atoms. The Bertz CT molecular complexity index is 368. The number of hydrogen-bond donors (Lipinski definition) is 0. The van der Waals surface area contributed by atoms with Crippen molar-refractivity contribution >= 4 is 0 Å². The van der Waals surface area contributed by atoms with Crippen molar-refractivity contribution in [1.82, 2.24) is 4.90 Å². The first-order chi connectivity index (χ1) is 18.2. The molecule has 0 spiro atoms. The van der Waals surface area contributed by atoms with Gasteiger partial charge in [-0.2, -0.15) is 0 Å². The molecule has 0 aromatic carbocycles. The van der Waals surface area contributed by atoms with Crippen LogP contribution in [0.4, 0.5) is 0 Å². The van der Waals surface area contributed by atoms with Crippen LogP contribution in [0.2, 0.25) is 0 Å². The number of nitrogens with zero attached hydrogens (tertiary/aromatic N) is 1. The molecule has 0 fully saturated rings. The Balaban J connectivity index is 3.86. The van der Waals surface area contributed by atoms with Crippen LogP contribution in [-0.4, -0.2) is 24.5 Å². The van der Waals surface area contributed by atoms with Gasteiger partial charge in [-0.15, -0.1) is 0 Å². The molecule has 0 N–H and O–H groups in total. The van der Waals surface area contributed by atoms with E-state index in [1.807, 2.05) is 0 Å². The van der Waals surface area contributed by atoms with E-state index in [1.165, 1.54) is 199 Å². The normalized spacial score (nSPS) is 11.8. The van der Waals surface area contributed by atoms with Gasteiger partial charge >= 0.3 is 0 Å². The van der Waals surface area contributed by atoms with E-state index in [9.17, 15) is 0 Å². The van der Waals surface area contributed by atoms with Gasteiger partial charge in [0.1, 0.15) is 0 Å². The summed E-state index contributed by atoms with van der Waals surface area (Å²) in [6.07, 6.45) is 40.7. The first-order valence-electron chi connectivity index (χ1n) is 17.9. The Hall–Kier alpha value is -0.0400. The lowest BCUT2D eigenvalue weighted by atomic mass is 10.0. The first kappa shape index (κ1) is 37.0. The monoisotopic (exact) mass is 522 g/mol. The molecule has 0 aliphatic rings. The maximum atomic E-state index is 2.84. The minimum Gasteiger partial charge on any atom is -0.303 e. The van der Waals surface area contributed by atoms with Gasteiger partial charge in [-0.3, -0.25) is 0 Å². The van der Waals surface area contributed by atoms with Crippen molar-refractivity contribution < 1.29 is 0 Å². The predicted octanol–water partition coefficient (Wildman–Crippen LogP) is 12.9. The molecule has 0 aliphatic carbocycles. The summed E-state index contributed by atoms with van der Waals surface area (Å²) in [6.45, 7) is 13.4. The van der Waals surface area contributed by atoms with Crippen LogP contribution in [-0.2, 0) is 0 Å². The van der Waals surface area contributed by atoms with Gasteiger partial charge in [0.25, 0.3) is 0 Å². The molecule has 0 radical (unpaired) electrons. The molecule has 0 saturated carbocycles. The van der Waals surface area contributed by atoms with Crippen molar-refractivity contribution in [2.24, 2.45) is 5.92 Å². The second kappa shape index (κ2) is 32.2. The average molecular weight is 522 g/mol. The van der Waals surface area contributed by atoms with E-state index in [0.29, 0.717) is 0 Å². The van der Waals surface area contributed by atoms with Crippen molar-refractivity contribution in [2.75, 3.05) is 19.6 Å². The fourth-order valence-corrected chi connectivity index (χ4v) is 5.75. The third-order valence-corrected chi connectivity index (χ3v) is 8.41. The Labute approximate surface area is 237 Å². The summed E-state index contributed by atoms with van der Waals surface area (Å²) in [4.78, 5) is 2.84. The van der Waals surface area contributed by atoms with Crippen LogP contribution >= 0.6 is 0 Å². The molecule has 0 rings (SSSR count). The van der Waals surface area contributed by atoms with Crippen molar-refractivity contribution in [2.45, 2.75) is 207 Å². The summed E-state index contributed by atoms with van der Waals surface area (Å²) in [7, 11) is 0. The summed E-state index contributed by atoms with van der Waals surface area (Å²) in [5.41, 5.74) is 0. The molecular weight excluding hydrogens is 446 g/mol. The summed E-state index contributed by atoms with van der Waals surface area (Å²) in [5, 5.41) is 0. The number of unbranched alkanes of at least 4 members (excludes halogenated alkanes) is 24. The zero-order valence-electron chi connectivity index (χ0n) is 26.9. The molecule has 0 heterocycles. The Morgan fingerprint density at radius 2 is 0.568 bits per heavy atom. The van der Waals surface area contributed by atoms with Crippen LogP contribution in [0.3, 0.4) is 0 Å². The van der Waals surface area contributed by atoms with Gasteiger partial charge in [-0.1, -0.05) is 188 Å². The van der Waals surface area contributed by atoms with Gasteiger partial charge in [0, 0.05) is 0 Å². The lowest BCUT2D eigenvalue weighted by molar-refractivity contribution is 0.254. The molecule has 0 aromatic heterocycles. The summed E-state index contributed by atoms with van der Waals surface area (Å²) in [6, 6.07) is 0. The van der Waals surface area contributed by atoms with E-state index in [4.69, 9.17) is 0 Å². The Morgan fingerprint density at radius 3 is 0.838 bits per heavy atom. The molecule has 0 saturated heterocycles. The molecule has 0 atom stereocenters. The highest BCUT2D eigenvalue weighted by Crippen LogP contribution is 2.15. The molecular formula is C36H75N. The molecule has 0 amide bonds. The van der Waals surface area contributed by atoms with Crippen molar-refractivity contribution in [1.29, 1.82) is 0 Å². The van der Waals surface area contributed by atoms with Crippen molar-refractivity contribution in [3.63, 3.8) is 0 Å². The third-order valence-electron chi connectivity index (χ3n) is 8.41. The largest absolute Gasteiger partial charge is 0.303 e. The van der Waals surface area contributed by atoms with Crippen LogP contribution in [0, 0.1) is 5.92 Å². The van der Waals surface area contributed by atoms with Gasteiger partial charge in [0.05, 0.1) is 0 Å². The van der Waals surface area contributed by atoms with E-state index < -0.39 is 0 Å². The third kappa shape index (κ3) is 32.1. The van der Waals surface area contributed by atoms with Crippen LogP contribution in [0.5, 0.6) is 0 Å². The van der Waals surface area contributed by atoms with E-state index in [0.717, 1.165) is 5.92 Å². The lowest BCUT2D eigenvalue weighted by Crippen LogP contribution is -2.27. The molecule has 1 heteroatoms. The summed E-state index contributed by atoms with van der Waals surface area (Å²) >= 11 is 0. The van der Waals surface area contributed by atoms with Gasteiger partial charge in [-0.05, 0) is 44.8 Å².